The van der Waals surface area contributed by atoms with Crippen LogP contribution in [0.3, 0.4) is 0 Å². The van der Waals surface area contributed by atoms with Gasteiger partial charge in [-0.1, -0.05) is 44.2 Å². The SMILES string of the molecule is C/C(=C\N1C(=O)OC[C@H]1C(C)C)c1ccccc1. The number of allylic oxidation sites excluding steroid dienone is 1. The molecule has 2 rings (SSSR count). The molecule has 0 aliphatic carbocycles. The van der Waals surface area contributed by atoms with Crippen molar-refractivity contribution in [3.8, 4) is 0 Å². The van der Waals surface area contributed by atoms with Crippen LogP contribution in [-0.4, -0.2) is 23.6 Å². The van der Waals surface area contributed by atoms with Gasteiger partial charge >= 0.3 is 6.09 Å². The topological polar surface area (TPSA) is 29.5 Å². The van der Waals surface area contributed by atoms with Crippen molar-refractivity contribution in [1.29, 1.82) is 0 Å². The number of cyclic esters (lactones) is 1. The summed E-state index contributed by atoms with van der Waals surface area (Å²) >= 11 is 0. The van der Waals surface area contributed by atoms with Gasteiger partial charge in [0.1, 0.15) is 6.61 Å². The number of carbonyl (C=O) groups excluding carboxylic acids is 1. The van der Waals surface area contributed by atoms with Crippen LogP contribution in [0.5, 0.6) is 0 Å². The molecule has 3 nitrogen and oxygen atoms in total. The molecule has 1 fully saturated rings. The molecule has 1 aliphatic rings. The fourth-order valence-electron chi connectivity index (χ4n) is 2.09. The van der Waals surface area contributed by atoms with E-state index in [1.807, 2.05) is 43.5 Å². The van der Waals surface area contributed by atoms with E-state index in [-0.39, 0.29) is 12.1 Å². The van der Waals surface area contributed by atoms with Crippen LogP contribution in [0.4, 0.5) is 4.79 Å². The van der Waals surface area contributed by atoms with Gasteiger partial charge in [0.15, 0.2) is 0 Å². The van der Waals surface area contributed by atoms with E-state index < -0.39 is 0 Å². The molecule has 0 spiro atoms. The molecule has 0 N–H and O–H groups in total. The van der Waals surface area contributed by atoms with Crippen molar-refractivity contribution in [2.24, 2.45) is 5.92 Å². The zero-order valence-electron chi connectivity index (χ0n) is 11.1. The molecule has 0 bridgehead atoms. The van der Waals surface area contributed by atoms with E-state index in [1.54, 1.807) is 4.90 Å². The second-order valence-corrected chi connectivity index (χ2v) is 4.97. The summed E-state index contributed by atoms with van der Waals surface area (Å²) in [7, 11) is 0. The monoisotopic (exact) mass is 245 g/mol. The number of amides is 1. The molecule has 1 aromatic carbocycles. The van der Waals surface area contributed by atoms with Gasteiger partial charge in [-0.25, -0.2) is 4.79 Å². The van der Waals surface area contributed by atoms with Gasteiger partial charge in [-0.05, 0) is 24.0 Å². The third-order valence-corrected chi connectivity index (χ3v) is 3.28. The maximum Gasteiger partial charge on any atom is 0.414 e. The average Bonchev–Trinajstić information content (AvgIpc) is 2.72. The Labute approximate surface area is 108 Å². The first-order valence-corrected chi connectivity index (χ1v) is 6.28. The van der Waals surface area contributed by atoms with Crippen molar-refractivity contribution >= 4 is 11.7 Å². The summed E-state index contributed by atoms with van der Waals surface area (Å²) in [6.07, 6.45) is 1.65. The first-order chi connectivity index (χ1) is 8.59. The summed E-state index contributed by atoms with van der Waals surface area (Å²) in [6.45, 7) is 6.70. The van der Waals surface area contributed by atoms with Gasteiger partial charge in [-0.3, -0.25) is 4.90 Å². The van der Waals surface area contributed by atoms with Crippen LogP contribution in [0, 0.1) is 5.92 Å². The Morgan fingerprint density at radius 1 is 1.39 bits per heavy atom. The van der Waals surface area contributed by atoms with Gasteiger partial charge in [-0.15, -0.1) is 0 Å². The summed E-state index contributed by atoms with van der Waals surface area (Å²) in [6, 6.07) is 10.2. The standard InChI is InChI=1S/C15H19NO2/c1-11(2)14-10-18-15(17)16(14)9-12(3)13-7-5-4-6-8-13/h4-9,11,14H,10H2,1-3H3/b12-9+/t14-/m0/s1. The second-order valence-electron chi connectivity index (χ2n) is 4.97. The Morgan fingerprint density at radius 3 is 2.67 bits per heavy atom. The van der Waals surface area contributed by atoms with Gasteiger partial charge in [0.05, 0.1) is 6.04 Å². The van der Waals surface area contributed by atoms with Crippen LogP contribution in [0.2, 0.25) is 0 Å². The molecule has 1 amide bonds. The van der Waals surface area contributed by atoms with E-state index in [0.717, 1.165) is 11.1 Å². The lowest BCUT2D eigenvalue weighted by molar-refractivity contribution is 0.166. The fraction of sp³-hybridized carbons (Fsp3) is 0.400. The summed E-state index contributed by atoms with van der Waals surface area (Å²) in [5.41, 5.74) is 2.19. The van der Waals surface area contributed by atoms with Gasteiger partial charge in [0.2, 0.25) is 0 Å². The van der Waals surface area contributed by atoms with E-state index in [2.05, 4.69) is 13.8 Å². The predicted octanol–water partition coefficient (Wildman–Crippen LogP) is 3.52. The van der Waals surface area contributed by atoms with Crippen LogP contribution in [0.25, 0.3) is 5.57 Å². The lowest BCUT2D eigenvalue weighted by Crippen LogP contribution is -2.32. The number of benzene rings is 1. The summed E-state index contributed by atoms with van der Waals surface area (Å²) in [5, 5.41) is 0. The van der Waals surface area contributed by atoms with Crippen molar-refractivity contribution in [2.75, 3.05) is 6.61 Å². The zero-order chi connectivity index (χ0) is 13.1. The maximum absolute atomic E-state index is 11.7. The molecule has 1 aromatic rings. The van der Waals surface area contributed by atoms with Crippen LogP contribution < -0.4 is 0 Å². The lowest BCUT2D eigenvalue weighted by Gasteiger charge is -2.21. The highest BCUT2D eigenvalue weighted by Gasteiger charge is 2.33. The van der Waals surface area contributed by atoms with Gasteiger partial charge in [0.25, 0.3) is 0 Å². The molecular formula is C15H19NO2. The molecule has 18 heavy (non-hydrogen) atoms. The fourth-order valence-corrected chi connectivity index (χ4v) is 2.09. The second kappa shape index (κ2) is 5.25. The third-order valence-electron chi connectivity index (χ3n) is 3.28. The smallest absolute Gasteiger partial charge is 0.414 e. The van der Waals surface area contributed by atoms with Crippen LogP contribution in [-0.2, 0) is 4.74 Å². The normalized spacial score (nSPS) is 20.4. The van der Waals surface area contributed by atoms with Crippen molar-refractivity contribution in [2.45, 2.75) is 26.8 Å². The summed E-state index contributed by atoms with van der Waals surface area (Å²) in [5.74, 6) is 0.385. The molecule has 96 valence electrons. The van der Waals surface area contributed by atoms with Gasteiger partial charge < -0.3 is 4.74 Å². The number of rotatable bonds is 3. The maximum atomic E-state index is 11.7. The third kappa shape index (κ3) is 2.55. The molecule has 0 unspecified atom stereocenters. The lowest BCUT2D eigenvalue weighted by atomic mass is 10.0. The van der Waals surface area contributed by atoms with Crippen molar-refractivity contribution in [1.82, 2.24) is 4.90 Å². The van der Waals surface area contributed by atoms with Crippen LogP contribution in [0.15, 0.2) is 36.5 Å². The molecule has 1 aliphatic heterocycles. The van der Waals surface area contributed by atoms with Gasteiger partial charge in [0, 0.05) is 6.20 Å². The number of nitrogens with zero attached hydrogens (tertiary/aromatic N) is 1. The predicted molar refractivity (Wildman–Crippen MR) is 71.9 cm³/mol. The molecule has 0 radical (unpaired) electrons. The van der Waals surface area contributed by atoms with Gasteiger partial charge in [-0.2, -0.15) is 0 Å². The number of hydrogen-bond donors (Lipinski definition) is 0. The van der Waals surface area contributed by atoms with E-state index >= 15 is 0 Å². The largest absolute Gasteiger partial charge is 0.447 e. The highest BCUT2D eigenvalue weighted by molar-refractivity contribution is 5.75. The Bertz CT molecular complexity index is 451. The number of carbonyl (C=O) groups is 1. The summed E-state index contributed by atoms with van der Waals surface area (Å²) in [4.78, 5) is 13.4. The zero-order valence-corrected chi connectivity index (χ0v) is 11.1. The highest BCUT2D eigenvalue weighted by Crippen LogP contribution is 2.23. The van der Waals surface area contributed by atoms with E-state index in [9.17, 15) is 4.79 Å². The minimum absolute atomic E-state index is 0.135. The van der Waals surface area contributed by atoms with E-state index in [1.165, 1.54) is 0 Å². The Morgan fingerprint density at radius 2 is 2.06 bits per heavy atom. The number of ether oxygens (including phenoxy) is 1. The Balaban J connectivity index is 2.23. The molecular weight excluding hydrogens is 226 g/mol. The minimum atomic E-state index is -0.246. The van der Waals surface area contributed by atoms with Crippen LogP contribution >= 0.6 is 0 Å². The van der Waals surface area contributed by atoms with Crippen LogP contribution in [0.1, 0.15) is 26.3 Å². The molecule has 1 saturated heterocycles. The first kappa shape index (κ1) is 12.7. The molecule has 0 aromatic heterocycles. The minimum Gasteiger partial charge on any atom is -0.447 e. The van der Waals surface area contributed by atoms with Crippen molar-refractivity contribution in [3.63, 3.8) is 0 Å². The van der Waals surface area contributed by atoms with E-state index in [4.69, 9.17) is 4.74 Å². The summed E-state index contributed by atoms with van der Waals surface area (Å²) < 4.78 is 5.12. The first-order valence-electron chi connectivity index (χ1n) is 6.28. The Hall–Kier alpha value is -1.77. The number of hydrogen-bond acceptors (Lipinski definition) is 2. The van der Waals surface area contributed by atoms with E-state index in [0.29, 0.717) is 12.5 Å². The molecule has 1 atom stereocenters. The quantitative estimate of drug-likeness (QED) is 0.815. The average molecular weight is 245 g/mol. The Kier molecular flexibility index (Phi) is 3.70. The molecule has 1 heterocycles. The molecule has 0 saturated carbocycles. The van der Waals surface area contributed by atoms with Crippen molar-refractivity contribution < 1.29 is 9.53 Å². The molecule has 3 heteroatoms. The van der Waals surface area contributed by atoms with Crippen molar-refractivity contribution in [3.05, 3.63) is 42.1 Å². The highest BCUT2D eigenvalue weighted by atomic mass is 16.6.